The number of aromatic nitrogens is 4. The SMILES string of the molecule is O=c1[nH]c(-c2cncnc2)nc2c1CCN(Cc1ccc(Cl)cc1Cl)C2. The zero-order valence-electron chi connectivity index (χ0n) is 13.7. The smallest absolute Gasteiger partial charge is 0.254 e. The predicted molar refractivity (Wildman–Crippen MR) is 100 cm³/mol. The molecule has 3 heterocycles. The average molecular weight is 388 g/mol. The van der Waals surface area contributed by atoms with Gasteiger partial charge in [0.15, 0.2) is 0 Å². The summed E-state index contributed by atoms with van der Waals surface area (Å²) >= 11 is 12.2. The lowest BCUT2D eigenvalue weighted by molar-refractivity contribution is 0.240. The Morgan fingerprint density at radius 2 is 2.00 bits per heavy atom. The Balaban J connectivity index is 1.61. The number of aromatic amines is 1. The largest absolute Gasteiger partial charge is 0.306 e. The van der Waals surface area contributed by atoms with Crippen molar-refractivity contribution in [1.29, 1.82) is 0 Å². The molecular formula is C18H15Cl2N5O. The third-order valence-corrected chi connectivity index (χ3v) is 4.98. The van der Waals surface area contributed by atoms with Gasteiger partial charge in [-0.15, -0.1) is 0 Å². The van der Waals surface area contributed by atoms with Crippen LogP contribution in [0, 0.1) is 0 Å². The third-order valence-electron chi connectivity index (χ3n) is 4.40. The highest BCUT2D eigenvalue weighted by atomic mass is 35.5. The quantitative estimate of drug-likeness (QED) is 0.747. The first-order valence-electron chi connectivity index (χ1n) is 8.14. The zero-order chi connectivity index (χ0) is 18.1. The number of nitrogens with zero attached hydrogens (tertiary/aromatic N) is 4. The summed E-state index contributed by atoms with van der Waals surface area (Å²) in [6.07, 6.45) is 5.35. The lowest BCUT2D eigenvalue weighted by Gasteiger charge is -2.28. The average Bonchev–Trinajstić information content (AvgIpc) is 2.64. The van der Waals surface area contributed by atoms with Crippen LogP contribution < -0.4 is 5.56 Å². The lowest BCUT2D eigenvalue weighted by Crippen LogP contribution is -2.35. The normalized spacial score (nSPS) is 14.2. The van der Waals surface area contributed by atoms with E-state index in [1.165, 1.54) is 6.33 Å². The van der Waals surface area contributed by atoms with Crippen molar-refractivity contribution < 1.29 is 0 Å². The number of nitrogens with one attached hydrogen (secondary N) is 1. The van der Waals surface area contributed by atoms with Crippen molar-refractivity contribution >= 4 is 23.2 Å². The maximum absolute atomic E-state index is 12.4. The molecule has 0 saturated carbocycles. The Kier molecular flexibility index (Phi) is 4.72. The van der Waals surface area contributed by atoms with Gasteiger partial charge in [-0.1, -0.05) is 29.3 Å². The second-order valence-corrected chi connectivity index (χ2v) is 7.01. The van der Waals surface area contributed by atoms with Crippen LogP contribution in [0.1, 0.15) is 16.8 Å². The van der Waals surface area contributed by atoms with E-state index < -0.39 is 0 Å². The molecule has 1 aliphatic rings. The molecule has 6 nitrogen and oxygen atoms in total. The number of rotatable bonds is 3. The van der Waals surface area contributed by atoms with Crippen LogP contribution in [0.3, 0.4) is 0 Å². The molecule has 0 saturated heterocycles. The van der Waals surface area contributed by atoms with Gasteiger partial charge in [0.05, 0.1) is 11.3 Å². The predicted octanol–water partition coefficient (Wildman–Crippen LogP) is 3.09. The molecule has 132 valence electrons. The van der Waals surface area contributed by atoms with Gasteiger partial charge in [-0.3, -0.25) is 9.69 Å². The Bertz CT molecular complexity index is 1010. The highest BCUT2D eigenvalue weighted by Crippen LogP contribution is 2.24. The molecule has 8 heteroatoms. The minimum absolute atomic E-state index is 0.0990. The summed E-state index contributed by atoms with van der Waals surface area (Å²) in [6, 6.07) is 5.50. The number of halogens is 2. The molecule has 1 aliphatic heterocycles. The van der Waals surface area contributed by atoms with Gasteiger partial charge in [-0.25, -0.2) is 15.0 Å². The molecule has 0 atom stereocenters. The Labute approximate surface area is 159 Å². The van der Waals surface area contributed by atoms with Crippen LogP contribution in [-0.4, -0.2) is 31.4 Å². The third kappa shape index (κ3) is 3.49. The number of fused-ring (bicyclic) bond motifs is 1. The molecule has 0 bridgehead atoms. The van der Waals surface area contributed by atoms with Crippen LogP contribution in [0.25, 0.3) is 11.4 Å². The van der Waals surface area contributed by atoms with Crippen molar-refractivity contribution in [3.05, 3.63) is 74.1 Å². The van der Waals surface area contributed by atoms with Crippen LogP contribution >= 0.6 is 23.2 Å². The second-order valence-electron chi connectivity index (χ2n) is 6.16. The molecule has 0 radical (unpaired) electrons. The summed E-state index contributed by atoms with van der Waals surface area (Å²) < 4.78 is 0. The summed E-state index contributed by atoms with van der Waals surface area (Å²) in [4.78, 5) is 30.1. The van der Waals surface area contributed by atoms with Gasteiger partial charge in [0.25, 0.3) is 5.56 Å². The van der Waals surface area contributed by atoms with Gasteiger partial charge < -0.3 is 4.98 Å². The van der Waals surface area contributed by atoms with Crippen molar-refractivity contribution in [3.63, 3.8) is 0 Å². The molecule has 0 spiro atoms. The number of hydrogen-bond donors (Lipinski definition) is 1. The zero-order valence-corrected chi connectivity index (χ0v) is 15.3. The first kappa shape index (κ1) is 17.1. The molecule has 1 aromatic carbocycles. The van der Waals surface area contributed by atoms with Crippen LogP contribution in [-0.2, 0) is 19.5 Å². The van der Waals surface area contributed by atoms with E-state index >= 15 is 0 Å². The van der Waals surface area contributed by atoms with Crippen molar-refractivity contribution in [2.75, 3.05) is 6.54 Å². The van der Waals surface area contributed by atoms with Crippen molar-refractivity contribution in [2.24, 2.45) is 0 Å². The molecular weight excluding hydrogens is 373 g/mol. The van der Waals surface area contributed by atoms with Gasteiger partial charge in [0.1, 0.15) is 12.2 Å². The maximum atomic E-state index is 12.4. The Morgan fingerprint density at radius 3 is 2.77 bits per heavy atom. The van der Waals surface area contributed by atoms with E-state index in [0.29, 0.717) is 40.9 Å². The molecule has 2 aromatic heterocycles. The molecule has 0 aliphatic carbocycles. The standard InChI is InChI=1S/C18H15Cl2N5O/c19-13-2-1-11(15(20)5-13)8-25-4-3-14-16(9-25)23-17(24-18(14)26)12-6-21-10-22-7-12/h1-2,5-7,10H,3-4,8-9H2,(H,23,24,26). The first-order valence-corrected chi connectivity index (χ1v) is 8.89. The molecule has 3 aromatic rings. The summed E-state index contributed by atoms with van der Waals surface area (Å²) in [5, 5.41) is 1.26. The number of hydrogen-bond acceptors (Lipinski definition) is 5. The molecule has 0 unspecified atom stereocenters. The van der Waals surface area contributed by atoms with E-state index in [9.17, 15) is 4.79 Å². The minimum atomic E-state index is -0.0990. The number of benzene rings is 1. The van der Waals surface area contributed by atoms with Gasteiger partial charge in [0, 0.05) is 47.6 Å². The van der Waals surface area contributed by atoms with Crippen LogP contribution in [0.5, 0.6) is 0 Å². The Morgan fingerprint density at radius 1 is 1.19 bits per heavy atom. The van der Waals surface area contributed by atoms with Crippen molar-refractivity contribution in [3.8, 4) is 11.4 Å². The van der Waals surface area contributed by atoms with Crippen LogP contribution in [0.4, 0.5) is 0 Å². The first-order chi connectivity index (χ1) is 12.6. The summed E-state index contributed by atoms with van der Waals surface area (Å²) in [7, 11) is 0. The fourth-order valence-electron chi connectivity index (χ4n) is 3.08. The van der Waals surface area contributed by atoms with E-state index in [-0.39, 0.29) is 5.56 Å². The molecule has 0 amide bonds. The number of H-pyrrole nitrogens is 1. The summed E-state index contributed by atoms with van der Waals surface area (Å²) in [6.45, 7) is 2.02. The molecule has 26 heavy (non-hydrogen) atoms. The Hall–Kier alpha value is -2.28. The van der Waals surface area contributed by atoms with Crippen LogP contribution in [0.2, 0.25) is 10.0 Å². The summed E-state index contributed by atoms with van der Waals surface area (Å²) in [5.74, 6) is 0.487. The molecule has 1 N–H and O–H groups in total. The highest BCUT2D eigenvalue weighted by Gasteiger charge is 2.22. The fraction of sp³-hybridized carbons (Fsp3) is 0.222. The van der Waals surface area contributed by atoms with Gasteiger partial charge >= 0.3 is 0 Å². The van der Waals surface area contributed by atoms with E-state index in [0.717, 1.165) is 23.4 Å². The minimum Gasteiger partial charge on any atom is -0.306 e. The maximum Gasteiger partial charge on any atom is 0.254 e. The van der Waals surface area contributed by atoms with Crippen molar-refractivity contribution in [1.82, 2.24) is 24.8 Å². The fourth-order valence-corrected chi connectivity index (χ4v) is 3.55. The van der Waals surface area contributed by atoms with Crippen molar-refractivity contribution in [2.45, 2.75) is 19.5 Å². The highest BCUT2D eigenvalue weighted by molar-refractivity contribution is 6.35. The monoisotopic (exact) mass is 387 g/mol. The molecule has 0 fully saturated rings. The second kappa shape index (κ2) is 7.15. The lowest BCUT2D eigenvalue weighted by atomic mass is 10.1. The van der Waals surface area contributed by atoms with E-state index in [1.807, 2.05) is 12.1 Å². The van der Waals surface area contributed by atoms with Gasteiger partial charge in [-0.2, -0.15) is 0 Å². The topological polar surface area (TPSA) is 74.8 Å². The van der Waals surface area contributed by atoms with Crippen LogP contribution in [0.15, 0.2) is 41.7 Å². The van der Waals surface area contributed by atoms with E-state index in [2.05, 4.69) is 24.8 Å². The summed E-state index contributed by atoms with van der Waals surface area (Å²) in [5.41, 5.74) is 3.11. The molecule has 4 rings (SSSR count). The van der Waals surface area contributed by atoms with Gasteiger partial charge in [0.2, 0.25) is 0 Å². The van der Waals surface area contributed by atoms with E-state index in [1.54, 1.807) is 18.5 Å². The van der Waals surface area contributed by atoms with E-state index in [4.69, 9.17) is 23.2 Å². The van der Waals surface area contributed by atoms with Gasteiger partial charge in [-0.05, 0) is 24.1 Å².